The summed E-state index contributed by atoms with van der Waals surface area (Å²) in [4.78, 5) is 5.05. The summed E-state index contributed by atoms with van der Waals surface area (Å²) in [7, 11) is 0. The van der Waals surface area contributed by atoms with Crippen LogP contribution in [0.2, 0.25) is 0 Å². The Bertz CT molecular complexity index is 10100. The highest BCUT2D eigenvalue weighted by atomic mass is 32.1. The average Bonchev–Trinajstić information content (AvgIpc) is 1.50. The van der Waals surface area contributed by atoms with Crippen LogP contribution in [0, 0.1) is 0 Å². The molecule has 2 unspecified atom stereocenters. The Morgan fingerprint density at radius 2 is 0.541 bits per heavy atom. The number of benzene rings is 23. The van der Waals surface area contributed by atoms with Gasteiger partial charge in [0.1, 0.15) is 0 Å². The van der Waals surface area contributed by atoms with Gasteiger partial charge in [-0.25, -0.2) is 0 Å². The van der Waals surface area contributed by atoms with E-state index in [1.807, 2.05) is 11.3 Å². The second-order valence-corrected chi connectivity index (χ2v) is 40.5. The molecule has 5 nitrogen and oxygen atoms in total. The number of thiophene rings is 1. The minimum Gasteiger partial charge on any atom is -0.310 e. The summed E-state index contributed by atoms with van der Waals surface area (Å²) in [5.41, 5.74) is 47.3. The van der Waals surface area contributed by atoms with Crippen molar-refractivity contribution in [3.63, 3.8) is 0 Å². The van der Waals surface area contributed by atoms with Gasteiger partial charge < -0.3 is 23.5 Å². The van der Waals surface area contributed by atoms with Crippen molar-refractivity contribution in [2.75, 3.05) is 9.80 Å². The largest absolute Gasteiger partial charge is 0.310 e. The highest BCUT2D eigenvalue weighted by Gasteiger charge is 2.54. The molecule has 146 heavy (non-hydrogen) atoms. The van der Waals surface area contributed by atoms with Gasteiger partial charge in [0.15, 0.2) is 0 Å². The van der Waals surface area contributed by atoms with Crippen molar-refractivity contribution >= 4 is 131 Å². The lowest BCUT2D eigenvalue weighted by Gasteiger charge is -2.40. The summed E-state index contributed by atoms with van der Waals surface area (Å²) in [6, 6.07) is 199. The van der Waals surface area contributed by atoms with Crippen LogP contribution >= 0.6 is 11.3 Å². The molecule has 678 valence electrons. The summed E-state index contributed by atoms with van der Waals surface area (Å²) in [6.07, 6.45) is 0. The fourth-order valence-corrected chi connectivity index (χ4v) is 27.4. The Labute approximate surface area is 848 Å². The lowest BCUT2D eigenvalue weighted by molar-refractivity contribution is 0.748. The van der Waals surface area contributed by atoms with Crippen LogP contribution in [0.3, 0.4) is 0 Å². The van der Waals surface area contributed by atoms with Crippen molar-refractivity contribution in [3.8, 4) is 117 Å². The maximum atomic E-state index is 2.61. The van der Waals surface area contributed by atoms with Gasteiger partial charge in [-0.15, -0.1) is 11.3 Å². The molecule has 6 heteroatoms. The molecular formula is C140H87N5S. The monoisotopic (exact) mass is 1870 g/mol. The van der Waals surface area contributed by atoms with E-state index in [4.69, 9.17) is 0 Å². The molecule has 0 N–H and O–H groups in total. The smallest absolute Gasteiger partial charge is 0.0755 e. The normalized spacial score (nSPS) is 14.4. The maximum absolute atomic E-state index is 2.61. The van der Waals surface area contributed by atoms with E-state index in [2.05, 4.69) is 551 Å². The highest BCUT2D eigenvalue weighted by molar-refractivity contribution is 7.25. The van der Waals surface area contributed by atoms with Crippen LogP contribution in [0.5, 0.6) is 0 Å². The van der Waals surface area contributed by atoms with Crippen molar-refractivity contribution in [2.45, 2.75) is 10.8 Å². The van der Waals surface area contributed by atoms with Crippen molar-refractivity contribution in [3.05, 3.63) is 572 Å². The van der Waals surface area contributed by atoms with Crippen molar-refractivity contribution < 1.29 is 0 Å². The van der Waals surface area contributed by atoms with E-state index in [0.717, 1.165) is 73.2 Å². The molecule has 6 heterocycles. The zero-order valence-electron chi connectivity index (χ0n) is 79.4. The number of anilines is 6. The fourth-order valence-electron chi connectivity index (χ4n) is 26.3. The third-order valence-electron chi connectivity index (χ3n) is 32.3. The molecule has 0 amide bonds. The molecule has 0 bridgehead atoms. The number of aromatic nitrogens is 3. The summed E-state index contributed by atoms with van der Waals surface area (Å²) >= 11 is 1.88. The Kier molecular flexibility index (Phi) is 17.9. The van der Waals surface area contributed by atoms with Gasteiger partial charge in [0, 0.05) is 92.1 Å². The molecule has 27 aromatic rings. The maximum Gasteiger partial charge on any atom is 0.0755 e. The number of hydrogen-bond acceptors (Lipinski definition) is 3. The van der Waals surface area contributed by atoms with Gasteiger partial charge in [-0.3, -0.25) is 0 Å². The second kappa shape index (κ2) is 31.9. The fraction of sp³-hybridized carbons (Fsp3) is 0.0143. The predicted octanol–water partition coefficient (Wildman–Crippen LogP) is 37.3. The Hall–Kier alpha value is -18.7. The van der Waals surface area contributed by atoms with Crippen molar-refractivity contribution in [1.82, 2.24) is 13.7 Å². The number of rotatable bonds is 14. The van der Waals surface area contributed by atoms with Crippen LogP contribution in [0.15, 0.2) is 528 Å². The van der Waals surface area contributed by atoms with Crippen LogP contribution < -0.4 is 9.80 Å². The minimum absolute atomic E-state index is 0.648. The lowest BCUT2D eigenvalue weighted by atomic mass is 9.65. The van der Waals surface area contributed by atoms with Gasteiger partial charge in [-0.1, -0.05) is 400 Å². The molecular weight excluding hydrogens is 1780 g/mol. The highest BCUT2D eigenvalue weighted by Crippen LogP contribution is 2.66. The number of fused-ring (bicyclic) bond motifs is 30. The molecule has 0 saturated carbocycles. The first kappa shape index (κ1) is 82.1. The Morgan fingerprint density at radius 1 is 0.171 bits per heavy atom. The van der Waals surface area contributed by atoms with Gasteiger partial charge in [-0.2, -0.15) is 0 Å². The Morgan fingerprint density at radius 3 is 1.10 bits per heavy atom. The standard InChI is InChI=1S/C140H87N5S/c1-3-33-90(34-4-1)100-39-7-9-41-103(100)109-45-13-22-59-126(109)141(95-73-67-88(68-74-95)92-37-29-38-97(83-92)143-128-61-24-15-47-111(128)112-48-16-25-62-129(112)143)99-78-81-108-106-44-12-19-54-119(106)140(125(108)87-99)121-56-21-28-65-132(121)145-133-66-32-50-102(136(133)116-52-31-58-123(140)138(116)145)94-72-82-134-117(84-94)114-79-71-93(85-135(114)146-134)89-69-75-96(76-70-89)142(127-60-23-14-46-110(127)104-42-10-8-40-101(104)91-35-5-2-6-36-91)98-77-80-107-105-43-11-18-53-118(105)139(124(107)86-98)120-55-20-27-64-131(120)144-130-63-26-17-49-113(130)115-51-30-57-122(139)137(115)144/h1-87H. The van der Waals surface area contributed by atoms with E-state index in [9.17, 15) is 0 Å². The minimum atomic E-state index is -0.747. The van der Waals surface area contributed by atoms with Crippen LogP contribution in [0.25, 0.3) is 203 Å². The van der Waals surface area contributed by atoms with Gasteiger partial charge >= 0.3 is 0 Å². The van der Waals surface area contributed by atoms with E-state index < -0.39 is 10.8 Å². The molecule has 23 aromatic carbocycles. The molecule has 0 fully saturated rings. The predicted molar refractivity (Wildman–Crippen MR) is 611 cm³/mol. The lowest BCUT2D eigenvalue weighted by Crippen LogP contribution is -2.33. The number of nitrogens with zero attached hydrogens (tertiary/aromatic N) is 5. The molecule has 2 atom stereocenters. The number of para-hydroxylation sites is 9. The molecule has 0 radical (unpaired) electrons. The van der Waals surface area contributed by atoms with E-state index in [1.165, 1.54) is 208 Å². The molecule has 2 aliphatic heterocycles. The third-order valence-corrected chi connectivity index (χ3v) is 33.4. The van der Waals surface area contributed by atoms with Crippen molar-refractivity contribution in [2.24, 2.45) is 0 Å². The summed E-state index contributed by atoms with van der Waals surface area (Å²) in [5, 5.41) is 9.98. The van der Waals surface area contributed by atoms with E-state index in [1.54, 1.807) is 0 Å². The van der Waals surface area contributed by atoms with E-state index >= 15 is 0 Å². The summed E-state index contributed by atoms with van der Waals surface area (Å²) < 4.78 is 10.1. The van der Waals surface area contributed by atoms with Crippen LogP contribution in [-0.4, -0.2) is 13.7 Å². The van der Waals surface area contributed by atoms with Crippen LogP contribution in [-0.2, 0) is 10.8 Å². The first-order valence-corrected chi connectivity index (χ1v) is 51.4. The topological polar surface area (TPSA) is 21.3 Å². The van der Waals surface area contributed by atoms with Gasteiger partial charge in [-0.05, 0) is 261 Å². The zero-order valence-corrected chi connectivity index (χ0v) is 80.2. The van der Waals surface area contributed by atoms with E-state index in [0.29, 0.717) is 0 Å². The molecule has 4 aliphatic rings. The molecule has 4 aromatic heterocycles. The van der Waals surface area contributed by atoms with Gasteiger partial charge in [0.05, 0.1) is 66.7 Å². The molecule has 2 spiro atoms. The van der Waals surface area contributed by atoms with Gasteiger partial charge in [0.25, 0.3) is 0 Å². The second-order valence-electron chi connectivity index (χ2n) is 39.4. The average molecular weight is 1870 g/mol. The summed E-state index contributed by atoms with van der Waals surface area (Å²) in [5.74, 6) is 0. The molecule has 31 rings (SSSR count). The Balaban J connectivity index is 0.527. The number of hydrogen-bond donors (Lipinski definition) is 0. The third kappa shape index (κ3) is 11.7. The molecule has 2 aliphatic carbocycles. The first-order chi connectivity index (χ1) is 72.5. The molecule has 0 saturated heterocycles. The summed E-state index contributed by atoms with van der Waals surface area (Å²) in [6.45, 7) is 0. The quantitative estimate of drug-likeness (QED) is 0.108. The van der Waals surface area contributed by atoms with Gasteiger partial charge in [0.2, 0.25) is 0 Å². The van der Waals surface area contributed by atoms with Crippen molar-refractivity contribution in [1.29, 1.82) is 0 Å². The van der Waals surface area contributed by atoms with Crippen LogP contribution in [0.4, 0.5) is 34.1 Å². The first-order valence-electron chi connectivity index (χ1n) is 50.6. The zero-order chi connectivity index (χ0) is 95.6. The van der Waals surface area contributed by atoms with E-state index in [-0.39, 0.29) is 0 Å². The SMILES string of the molecule is c1ccc(-c2ccccc2-c2ccccc2N(c2ccc(-c3ccc4c(c3)sc3ccc(-c5cccc6c5c5cccc7c5n6-c5ccccc5C75c6ccccc6-c6ccc(N(c7ccc(-c8cccc(-n9c%10ccccc%10c%10ccccc%109)c8)cc7)c7ccccc7-c7ccccc7-c7ccccc7)cc65)cc34)cc2)c2ccc3c(c2)C2(c4ccccc4-3)c3ccccc3-n3c4ccccc4c4cccc2c43)cc1. The van der Waals surface area contributed by atoms with Crippen LogP contribution in [0.1, 0.15) is 44.5 Å².